The highest BCUT2D eigenvalue weighted by atomic mass is 16.6. The Bertz CT molecular complexity index is 642. The average molecular weight is 327 g/mol. The maximum atomic E-state index is 13.4. The van der Waals surface area contributed by atoms with E-state index in [1.54, 1.807) is 6.07 Å². The molecule has 0 N–H and O–H groups in total. The van der Waals surface area contributed by atoms with E-state index in [1.165, 1.54) is 6.42 Å². The van der Waals surface area contributed by atoms with Crippen LogP contribution < -0.4 is 0 Å². The number of nitrogens with zero attached hydrogens (tertiary/aromatic N) is 1. The van der Waals surface area contributed by atoms with E-state index in [4.69, 9.17) is 4.74 Å². The van der Waals surface area contributed by atoms with Crippen LogP contribution in [0, 0.1) is 0 Å². The van der Waals surface area contributed by atoms with Crippen LogP contribution in [0.5, 0.6) is 0 Å². The van der Waals surface area contributed by atoms with Crippen LogP contribution in [0.25, 0.3) is 0 Å². The molecule has 1 atom stereocenters. The molecule has 1 unspecified atom stereocenters. The van der Waals surface area contributed by atoms with Gasteiger partial charge in [0.25, 0.3) is 0 Å². The summed E-state index contributed by atoms with van der Waals surface area (Å²) in [5, 5.41) is 0. The maximum Gasteiger partial charge on any atom is 0.339 e. The minimum absolute atomic E-state index is 0.163. The van der Waals surface area contributed by atoms with E-state index in [0.717, 1.165) is 63.6 Å². The number of piperidine rings is 1. The molecule has 1 spiro atoms. The van der Waals surface area contributed by atoms with E-state index >= 15 is 0 Å². The molecule has 0 aromatic heterocycles. The molecule has 4 heteroatoms. The van der Waals surface area contributed by atoms with Gasteiger partial charge in [-0.3, -0.25) is 4.79 Å². The highest BCUT2D eigenvalue weighted by Gasteiger charge is 2.53. The first-order chi connectivity index (χ1) is 11.7. The van der Waals surface area contributed by atoms with Crippen molar-refractivity contribution >= 4 is 11.9 Å². The summed E-state index contributed by atoms with van der Waals surface area (Å²) in [6.45, 7) is 1.67. The van der Waals surface area contributed by atoms with E-state index in [1.807, 2.05) is 23.1 Å². The third-order valence-electron chi connectivity index (χ3n) is 5.93. The minimum atomic E-state index is -0.627. The third kappa shape index (κ3) is 2.52. The van der Waals surface area contributed by atoms with Gasteiger partial charge in [-0.2, -0.15) is 0 Å². The summed E-state index contributed by atoms with van der Waals surface area (Å²) in [6.07, 6.45) is 8.17. The monoisotopic (exact) mass is 327 g/mol. The molecule has 1 saturated carbocycles. The van der Waals surface area contributed by atoms with Crippen LogP contribution in [0.3, 0.4) is 0 Å². The fourth-order valence-corrected chi connectivity index (χ4v) is 4.71. The standard InChI is InChI=1S/C20H25NO3/c22-18(21-13-7-2-8-14-21)17-15-9-3-4-10-16(15)19(23)24-20(17)11-5-1-6-12-20/h3-4,9-10,17H,1-2,5-8,11-14H2. The highest BCUT2D eigenvalue weighted by Crippen LogP contribution is 2.48. The predicted octanol–water partition coefficient (Wildman–Crippen LogP) is 3.66. The van der Waals surface area contributed by atoms with E-state index in [-0.39, 0.29) is 17.8 Å². The van der Waals surface area contributed by atoms with Gasteiger partial charge < -0.3 is 9.64 Å². The summed E-state index contributed by atoms with van der Waals surface area (Å²) >= 11 is 0. The van der Waals surface area contributed by atoms with Gasteiger partial charge in [0, 0.05) is 13.1 Å². The number of carbonyl (C=O) groups is 2. The molecule has 0 radical (unpaired) electrons. The van der Waals surface area contributed by atoms with Crippen LogP contribution in [0.15, 0.2) is 24.3 Å². The molecule has 4 rings (SSSR count). The van der Waals surface area contributed by atoms with Crippen LogP contribution in [0.4, 0.5) is 0 Å². The van der Waals surface area contributed by atoms with Gasteiger partial charge in [-0.25, -0.2) is 4.79 Å². The van der Waals surface area contributed by atoms with Gasteiger partial charge in [0.2, 0.25) is 5.91 Å². The van der Waals surface area contributed by atoms with Crippen molar-refractivity contribution in [3.05, 3.63) is 35.4 Å². The topological polar surface area (TPSA) is 46.6 Å². The number of amides is 1. The van der Waals surface area contributed by atoms with Crippen LogP contribution in [-0.4, -0.2) is 35.5 Å². The Morgan fingerprint density at radius 3 is 2.42 bits per heavy atom. The zero-order valence-electron chi connectivity index (χ0n) is 14.1. The lowest BCUT2D eigenvalue weighted by atomic mass is 9.69. The van der Waals surface area contributed by atoms with Crippen molar-refractivity contribution < 1.29 is 14.3 Å². The second-order valence-corrected chi connectivity index (χ2v) is 7.42. The first-order valence-corrected chi connectivity index (χ1v) is 9.32. The van der Waals surface area contributed by atoms with E-state index in [0.29, 0.717) is 5.56 Å². The first-order valence-electron chi connectivity index (χ1n) is 9.32. The molecule has 24 heavy (non-hydrogen) atoms. The van der Waals surface area contributed by atoms with Crippen molar-refractivity contribution in [2.75, 3.05) is 13.1 Å². The molecule has 2 aliphatic heterocycles. The lowest BCUT2D eigenvalue weighted by Crippen LogP contribution is -2.53. The van der Waals surface area contributed by atoms with Crippen molar-refractivity contribution in [1.82, 2.24) is 4.90 Å². The summed E-state index contributed by atoms with van der Waals surface area (Å²) < 4.78 is 5.98. The Labute approximate surface area is 143 Å². The van der Waals surface area contributed by atoms with Crippen LogP contribution in [0.2, 0.25) is 0 Å². The largest absolute Gasteiger partial charge is 0.454 e. The smallest absolute Gasteiger partial charge is 0.339 e. The second-order valence-electron chi connectivity index (χ2n) is 7.42. The Hall–Kier alpha value is -1.84. The zero-order valence-corrected chi connectivity index (χ0v) is 14.1. The SMILES string of the molecule is O=C1OC2(CCCCC2)C(C(=O)N2CCCCC2)c2ccccc21. The molecular formula is C20H25NO3. The number of esters is 1. The molecule has 0 bridgehead atoms. The number of likely N-dealkylation sites (tertiary alicyclic amines) is 1. The number of hydrogen-bond acceptors (Lipinski definition) is 3. The molecule has 3 aliphatic rings. The van der Waals surface area contributed by atoms with Gasteiger partial charge >= 0.3 is 5.97 Å². The summed E-state index contributed by atoms with van der Waals surface area (Å²) in [4.78, 5) is 28.0. The fraction of sp³-hybridized carbons (Fsp3) is 0.600. The highest BCUT2D eigenvalue weighted by molar-refractivity contribution is 5.98. The molecule has 1 amide bonds. The van der Waals surface area contributed by atoms with Crippen LogP contribution in [-0.2, 0) is 9.53 Å². The van der Waals surface area contributed by atoms with Gasteiger partial charge in [0.05, 0.1) is 5.56 Å². The number of ether oxygens (including phenoxy) is 1. The molecule has 2 heterocycles. The second kappa shape index (κ2) is 6.23. The lowest BCUT2D eigenvalue weighted by Gasteiger charge is -2.47. The number of hydrogen-bond donors (Lipinski definition) is 0. The van der Waals surface area contributed by atoms with Crippen molar-refractivity contribution in [3.63, 3.8) is 0 Å². The van der Waals surface area contributed by atoms with Crippen molar-refractivity contribution in [3.8, 4) is 0 Å². The zero-order chi connectivity index (χ0) is 16.6. The van der Waals surface area contributed by atoms with E-state index in [2.05, 4.69) is 0 Å². The molecule has 1 aromatic rings. The molecule has 1 aromatic carbocycles. The number of carbonyl (C=O) groups excluding carboxylic acids is 2. The molecule has 1 saturated heterocycles. The Morgan fingerprint density at radius 2 is 1.67 bits per heavy atom. The van der Waals surface area contributed by atoms with Crippen LogP contribution in [0.1, 0.15) is 73.2 Å². The van der Waals surface area contributed by atoms with Crippen molar-refractivity contribution in [2.24, 2.45) is 0 Å². The average Bonchev–Trinajstić information content (AvgIpc) is 2.63. The summed E-state index contributed by atoms with van der Waals surface area (Å²) in [7, 11) is 0. The summed E-state index contributed by atoms with van der Waals surface area (Å²) in [6, 6.07) is 7.54. The maximum absolute atomic E-state index is 13.4. The quantitative estimate of drug-likeness (QED) is 0.740. The Balaban J connectivity index is 1.77. The number of fused-ring (bicyclic) bond motifs is 1. The molecule has 2 fully saturated rings. The van der Waals surface area contributed by atoms with Gasteiger partial charge in [0.1, 0.15) is 11.5 Å². The number of benzene rings is 1. The third-order valence-corrected chi connectivity index (χ3v) is 5.93. The molecule has 1 aliphatic carbocycles. The summed E-state index contributed by atoms with van der Waals surface area (Å²) in [5.74, 6) is -0.420. The van der Waals surface area contributed by atoms with Gasteiger partial charge in [0.15, 0.2) is 0 Å². The fourth-order valence-electron chi connectivity index (χ4n) is 4.71. The Morgan fingerprint density at radius 1 is 1.00 bits per heavy atom. The van der Waals surface area contributed by atoms with E-state index in [9.17, 15) is 9.59 Å². The lowest BCUT2D eigenvalue weighted by molar-refractivity contribution is -0.144. The van der Waals surface area contributed by atoms with Gasteiger partial charge in [-0.05, 0) is 56.6 Å². The van der Waals surface area contributed by atoms with Crippen LogP contribution >= 0.6 is 0 Å². The molecule has 128 valence electrons. The number of rotatable bonds is 1. The van der Waals surface area contributed by atoms with Crippen molar-refractivity contribution in [1.29, 1.82) is 0 Å². The first kappa shape index (κ1) is 15.7. The summed E-state index contributed by atoms with van der Waals surface area (Å²) in [5.41, 5.74) is 0.827. The van der Waals surface area contributed by atoms with E-state index < -0.39 is 5.60 Å². The van der Waals surface area contributed by atoms with Gasteiger partial charge in [-0.15, -0.1) is 0 Å². The normalized spacial score (nSPS) is 25.9. The van der Waals surface area contributed by atoms with Crippen molar-refractivity contribution in [2.45, 2.75) is 62.9 Å². The minimum Gasteiger partial charge on any atom is -0.454 e. The predicted molar refractivity (Wildman–Crippen MR) is 90.8 cm³/mol. The Kier molecular flexibility index (Phi) is 4.07. The van der Waals surface area contributed by atoms with Gasteiger partial charge in [-0.1, -0.05) is 24.6 Å². The molecular weight excluding hydrogens is 302 g/mol. The molecule has 4 nitrogen and oxygen atoms in total.